The third-order valence-corrected chi connectivity index (χ3v) is 15.1. The molecule has 0 amide bonds. The molecule has 8 atom stereocenters. The number of hydrogen-bond acceptors (Lipinski definition) is 9. The Balaban J connectivity index is 1.12. The minimum atomic E-state index is -4.32. The van der Waals surface area contributed by atoms with Crippen LogP contribution in [0.15, 0.2) is 46.2 Å². The molecular formula is C33H40O9S2. The first kappa shape index (κ1) is 30.5. The highest BCUT2D eigenvalue weighted by Crippen LogP contribution is 2.64. The predicted octanol–water partition coefficient (Wildman–Crippen LogP) is 4.68. The molecule has 11 heteroatoms. The fraction of sp³-hybridized carbons (Fsp3) is 0.606. The molecule has 238 valence electrons. The van der Waals surface area contributed by atoms with E-state index in [0.29, 0.717) is 24.0 Å². The van der Waals surface area contributed by atoms with Gasteiger partial charge in [0.2, 0.25) is 0 Å². The third kappa shape index (κ3) is 4.05. The van der Waals surface area contributed by atoms with E-state index in [2.05, 4.69) is 27.7 Å². The van der Waals surface area contributed by atoms with Gasteiger partial charge in [0.05, 0.1) is 21.0 Å². The van der Waals surface area contributed by atoms with Gasteiger partial charge in [-0.05, 0) is 109 Å². The van der Waals surface area contributed by atoms with Crippen LogP contribution in [0.3, 0.4) is 0 Å². The highest BCUT2D eigenvalue weighted by atomic mass is 32.2. The van der Waals surface area contributed by atoms with Gasteiger partial charge in [0, 0.05) is 11.1 Å². The van der Waals surface area contributed by atoms with Gasteiger partial charge >= 0.3 is 0 Å². The average molecular weight is 645 g/mol. The van der Waals surface area contributed by atoms with Gasteiger partial charge in [0.1, 0.15) is 12.2 Å². The second-order valence-electron chi connectivity index (χ2n) is 15.4. The number of benzene rings is 2. The summed E-state index contributed by atoms with van der Waals surface area (Å²) in [4.78, 5) is 13.1. The van der Waals surface area contributed by atoms with E-state index >= 15 is 0 Å². The number of rotatable bonds is 6. The summed E-state index contributed by atoms with van der Waals surface area (Å²) in [6, 6.07) is 8.29. The van der Waals surface area contributed by atoms with E-state index in [4.69, 9.17) is 8.37 Å². The molecule has 7 aliphatic carbocycles. The molecule has 6 saturated carbocycles. The summed E-state index contributed by atoms with van der Waals surface area (Å²) in [5.41, 5.74) is -1.62. The van der Waals surface area contributed by atoms with Crippen LogP contribution < -0.4 is 0 Å². The maximum atomic E-state index is 13.5. The summed E-state index contributed by atoms with van der Waals surface area (Å²) in [6.07, 6.45) is 0.681. The first-order valence-electron chi connectivity index (χ1n) is 15.3. The zero-order valence-electron chi connectivity index (χ0n) is 25.8. The molecule has 2 aromatic rings. The molecule has 9 nitrogen and oxygen atoms in total. The van der Waals surface area contributed by atoms with Crippen molar-refractivity contribution in [3.8, 4) is 11.1 Å². The maximum absolute atomic E-state index is 13.5. The molecule has 6 fully saturated rings. The van der Waals surface area contributed by atoms with Crippen LogP contribution in [0.1, 0.15) is 83.1 Å². The largest absolute Gasteiger partial charge is 0.387 e. The van der Waals surface area contributed by atoms with Crippen molar-refractivity contribution < 1.29 is 40.2 Å². The minimum Gasteiger partial charge on any atom is -0.387 e. The van der Waals surface area contributed by atoms with Crippen LogP contribution in [0.5, 0.6) is 0 Å². The van der Waals surface area contributed by atoms with Gasteiger partial charge < -0.3 is 10.2 Å². The van der Waals surface area contributed by atoms with E-state index in [-0.39, 0.29) is 55.4 Å². The summed E-state index contributed by atoms with van der Waals surface area (Å²) in [5, 5.41) is 22.5. The average Bonchev–Trinajstić information content (AvgIpc) is 3.20. The molecule has 8 unspecified atom stereocenters. The van der Waals surface area contributed by atoms with Gasteiger partial charge in [-0.2, -0.15) is 16.8 Å². The molecule has 0 saturated heterocycles. The van der Waals surface area contributed by atoms with Crippen molar-refractivity contribution in [3.05, 3.63) is 47.5 Å². The molecule has 9 rings (SSSR count). The highest BCUT2D eigenvalue weighted by Gasteiger charge is 2.65. The topological polar surface area (TPSA) is 144 Å². The molecule has 0 heterocycles. The maximum Gasteiger partial charge on any atom is 0.297 e. The van der Waals surface area contributed by atoms with E-state index in [1.165, 1.54) is 36.4 Å². The van der Waals surface area contributed by atoms with Crippen LogP contribution in [0, 0.1) is 34.5 Å². The van der Waals surface area contributed by atoms with Crippen molar-refractivity contribution in [1.82, 2.24) is 0 Å². The zero-order valence-corrected chi connectivity index (χ0v) is 27.5. The Kier molecular flexibility index (Phi) is 6.25. The highest BCUT2D eigenvalue weighted by molar-refractivity contribution is 7.87. The molecule has 0 spiro atoms. The normalized spacial score (nSPS) is 37.9. The number of ketones is 1. The first-order valence-corrected chi connectivity index (χ1v) is 18.1. The van der Waals surface area contributed by atoms with Crippen molar-refractivity contribution in [1.29, 1.82) is 0 Å². The van der Waals surface area contributed by atoms with Gasteiger partial charge in [0.15, 0.2) is 5.78 Å². The van der Waals surface area contributed by atoms with Crippen molar-refractivity contribution in [2.75, 3.05) is 0 Å². The van der Waals surface area contributed by atoms with E-state index in [9.17, 15) is 31.8 Å². The molecule has 0 aliphatic heterocycles. The van der Waals surface area contributed by atoms with Crippen LogP contribution >= 0.6 is 0 Å². The Hall–Kier alpha value is -2.15. The smallest absolute Gasteiger partial charge is 0.297 e. The Bertz CT molecular complexity index is 1690. The van der Waals surface area contributed by atoms with E-state index in [1.54, 1.807) is 13.8 Å². The van der Waals surface area contributed by atoms with Gasteiger partial charge in [-0.15, -0.1) is 0 Å². The SMILES string of the molecule is CC1(C)C2CC(OS(=O)(=O)c3ccc4c(c3)C(=O)c3cc(S(=O)(=O)OC5CC6CC(C6(C)C)C5(C)O)ccc3-4)C(C)(O)C1C2. The Labute approximate surface area is 259 Å². The lowest BCUT2D eigenvalue weighted by Gasteiger charge is -2.64. The summed E-state index contributed by atoms with van der Waals surface area (Å²) >= 11 is 0. The second kappa shape index (κ2) is 9.01. The summed E-state index contributed by atoms with van der Waals surface area (Å²) in [5.74, 6) is -0.174. The van der Waals surface area contributed by atoms with Crippen LogP contribution in [-0.4, -0.2) is 56.2 Å². The zero-order chi connectivity index (χ0) is 32.0. The van der Waals surface area contributed by atoms with E-state index in [0.717, 1.165) is 12.8 Å². The Morgan fingerprint density at radius 1 is 0.614 bits per heavy atom. The van der Waals surface area contributed by atoms with Gasteiger partial charge in [-0.3, -0.25) is 13.2 Å². The summed E-state index contributed by atoms with van der Waals surface area (Å²) in [7, 11) is -8.65. The first-order chi connectivity index (χ1) is 20.2. The third-order valence-electron chi connectivity index (χ3n) is 12.5. The van der Waals surface area contributed by atoms with Gasteiger partial charge in [-0.1, -0.05) is 39.8 Å². The lowest BCUT2D eigenvalue weighted by molar-refractivity contribution is -0.237. The van der Waals surface area contributed by atoms with Crippen molar-refractivity contribution >= 4 is 26.0 Å². The number of hydrogen-bond donors (Lipinski definition) is 2. The van der Waals surface area contributed by atoms with Gasteiger partial charge in [0.25, 0.3) is 20.2 Å². The summed E-state index contributed by atoms with van der Waals surface area (Å²) < 4.78 is 64.8. The van der Waals surface area contributed by atoms with E-state index in [1.807, 2.05) is 0 Å². The fourth-order valence-electron chi connectivity index (χ4n) is 9.30. The monoisotopic (exact) mass is 644 g/mol. The molecular weight excluding hydrogens is 604 g/mol. The number of fused-ring (bicyclic) bond motifs is 7. The van der Waals surface area contributed by atoms with Crippen LogP contribution in [-0.2, 0) is 28.6 Å². The van der Waals surface area contributed by atoms with Crippen LogP contribution in [0.25, 0.3) is 11.1 Å². The number of aliphatic hydroxyl groups is 2. The second-order valence-corrected chi connectivity index (χ2v) is 18.5. The molecule has 2 aromatic carbocycles. The molecule has 7 aliphatic rings. The van der Waals surface area contributed by atoms with Crippen LogP contribution in [0.2, 0.25) is 0 Å². The van der Waals surface area contributed by atoms with E-state index < -0.39 is 49.4 Å². The van der Waals surface area contributed by atoms with Gasteiger partial charge in [-0.25, -0.2) is 0 Å². The number of carbonyl (C=O) groups excluding carboxylic acids is 1. The fourth-order valence-corrected chi connectivity index (χ4v) is 11.7. The molecule has 2 N–H and O–H groups in total. The van der Waals surface area contributed by atoms with Crippen LogP contribution in [0.4, 0.5) is 0 Å². The molecule has 4 bridgehead atoms. The molecule has 44 heavy (non-hydrogen) atoms. The predicted molar refractivity (Wildman–Crippen MR) is 161 cm³/mol. The van der Waals surface area contributed by atoms with Crippen molar-refractivity contribution in [3.63, 3.8) is 0 Å². The quantitative estimate of drug-likeness (QED) is 0.366. The Morgan fingerprint density at radius 3 is 1.30 bits per heavy atom. The minimum absolute atomic E-state index is 0.0822. The molecule has 0 radical (unpaired) electrons. The van der Waals surface area contributed by atoms with Crippen molar-refractivity contribution in [2.24, 2.45) is 34.5 Å². The van der Waals surface area contributed by atoms with Crippen molar-refractivity contribution in [2.45, 2.75) is 100 Å². The lowest BCUT2D eigenvalue weighted by Crippen LogP contribution is -2.67. The summed E-state index contributed by atoms with van der Waals surface area (Å²) in [6.45, 7) is 11.6. The Morgan fingerprint density at radius 2 is 0.977 bits per heavy atom. The lowest BCUT2D eigenvalue weighted by atomic mass is 9.43. The number of carbonyl (C=O) groups is 1. The standard InChI is InChI=1S/C33H40O9S2/c1-30(2)17-11-25(30)32(5,35)27(13-17)41-43(37,38)19-7-9-21-22-10-8-20(16-24(22)29(34)23(21)15-19)44(39,40)42-28-14-18-12-26(31(18,3)4)33(28,6)36/h7-10,15-18,25-28,35-36H,11-14H2,1-6H3. The molecule has 0 aromatic heterocycles.